The number of nitriles is 1. The SMILES string of the molecule is C#Cc1cnn2c(-c3cc(NCC#N)c(C(=O)NCC(P)C(C)(C)O)cn3)ccc2c1. The van der Waals surface area contributed by atoms with Gasteiger partial charge < -0.3 is 15.7 Å². The lowest BCUT2D eigenvalue weighted by Crippen LogP contribution is -2.41. The highest BCUT2D eigenvalue weighted by Crippen LogP contribution is 2.25. The molecular weight excluding hydrogens is 411 g/mol. The first-order valence-electron chi connectivity index (χ1n) is 9.56. The van der Waals surface area contributed by atoms with Crippen LogP contribution in [0.4, 0.5) is 5.69 Å². The zero-order valence-corrected chi connectivity index (χ0v) is 18.4. The number of aliphatic hydroxyl groups is 1. The van der Waals surface area contributed by atoms with Crippen LogP contribution in [0.25, 0.3) is 16.9 Å². The third kappa shape index (κ3) is 5.00. The molecule has 0 saturated heterocycles. The maximum absolute atomic E-state index is 12.7. The van der Waals surface area contributed by atoms with Gasteiger partial charge in [0.05, 0.1) is 46.0 Å². The molecule has 3 heterocycles. The second kappa shape index (κ2) is 9.14. The number of anilines is 1. The zero-order valence-electron chi connectivity index (χ0n) is 17.3. The minimum Gasteiger partial charge on any atom is -0.390 e. The van der Waals surface area contributed by atoms with Gasteiger partial charge in [-0.25, -0.2) is 4.52 Å². The molecule has 3 aromatic rings. The van der Waals surface area contributed by atoms with Crippen molar-refractivity contribution in [3.63, 3.8) is 0 Å². The summed E-state index contributed by atoms with van der Waals surface area (Å²) in [5, 5.41) is 29.2. The lowest BCUT2D eigenvalue weighted by molar-refractivity contribution is 0.0746. The molecular formula is C22H23N6O2P. The molecule has 0 bridgehead atoms. The molecule has 2 unspecified atom stereocenters. The van der Waals surface area contributed by atoms with Gasteiger partial charge in [-0.2, -0.15) is 10.4 Å². The van der Waals surface area contributed by atoms with E-state index in [0.29, 0.717) is 22.5 Å². The number of hydrogen-bond donors (Lipinski definition) is 3. The van der Waals surface area contributed by atoms with Gasteiger partial charge in [-0.05, 0) is 38.1 Å². The molecule has 9 heteroatoms. The summed E-state index contributed by atoms with van der Waals surface area (Å²) in [5.41, 5.74) is 2.38. The molecule has 0 saturated carbocycles. The Labute approximate surface area is 182 Å². The lowest BCUT2D eigenvalue weighted by Gasteiger charge is -2.25. The van der Waals surface area contributed by atoms with Crippen LogP contribution in [0, 0.1) is 23.7 Å². The van der Waals surface area contributed by atoms with Crippen LogP contribution in [0.3, 0.4) is 0 Å². The van der Waals surface area contributed by atoms with Crippen molar-refractivity contribution in [1.82, 2.24) is 19.9 Å². The van der Waals surface area contributed by atoms with Crippen LogP contribution in [0.5, 0.6) is 0 Å². The second-order valence-electron chi connectivity index (χ2n) is 7.54. The summed E-state index contributed by atoms with van der Waals surface area (Å²) in [6, 6.07) is 9.30. The fraction of sp³-hybridized carbons (Fsp3) is 0.273. The van der Waals surface area contributed by atoms with Gasteiger partial charge in [-0.15, -0.1) is 15.7 Å². The van der Waals surface area contributed by atoms with Crippen LogP contribution in [-0.4, -0.2) is 50.0 Å². The highest BCUT2D eigenvalue weighted by molar-refractivity contribution is 7.17. The molecule has 3 rings (SSSR count). The fourth-order valence-electron chi connectivity index (χ4n) is 2.88. The largest absolute Gasteiger partial charge is 0.390 e. The molecule has 0 aliphatic heterocycles. The van der Waals surface area contributed by atoms with E-state index in [1.807, 2.05) is 24.3 Å². The van der Waals surface area contributed by atoms with E-state index in [1.54, 1.807) is 30.6 Å². The molecule has 158 valence electrons. The van der Waals surface area contributed by atoms with E-state index < -0.39 is 5.60 Å². The number of amides is 1. The van der Waals surface area contributed by atoms with Crippen LogP contribution in [-0.2, 0) is 0 Å². The number of rotatable bonds is 7. The Balaban J connectivity index is 1.93. The van der Waals surface area contributed by atoms with Gasteiger partial charge in [0.25, 0.3) is 5.91 Å². The van der Waals surface area contributed by atoms with Crippen molar-refractivity contribution < 1.29 is 9.90 Å². The number of carbonyl (C=O) groups is 1. The van der Waals surface area contributed by atoms with Crippen LogP contribution in [0.2, 0.25) is 0 Å². The molecule has 0 aromatic carbocycles. The van der Waals surface area contributed by atoms with Crippen molar-refractivity contribution in [3.8, 4) is 29.8 Å². The highest BCUT2D eigenvalue weighted by Gasteiger charge is 2.24. The minimum atomic E-state index is -0.954. The number of nitrogens with zero attached hydrogens (tertiary/aromatic N) is 4. The Bertz CT molecular complexity index is 1200. The van der Waals surface area contributed by atoms with Gasteiger partial charge in [-0.1, -0.05) is 5.92 Å². The van der Waals surface area contributed by atoms with Gasteiger partial charge >= 0.3 is 0 Å². The third-order valence-electron chi connectivity index (χ3n) is 4.83. The van der Waals surface area contributed by atoms with Crippen molar-refractivity contribution in [2.45, 2.75) is 25.1 Å². The Morgan fingerprint density at radius 2 is 2.16 bits per heavy atom. The summed E-state index contributed by atoms with van der Waals surface area (Å²) < 4.78 is 1.71. The summed E-state index contributed by atoms with van der Waals surface area (Å²) in [7, 11) is 2.53. The zero-order chi connectivity index (χ0) is 22.6. The number of nitrogens with one attached hydrogen (secondary N) is 2. The summed E-state index contributed by atoms with van der Waals surface area (Å²) in [5.74, 6) is 2.20. The normalized spacial score (nSPS) is 12.1. The molecule has 0 radical (unpaired) electrons. The minimum absolute atomic E-state index is 0.0261. The number of aromatic nitrogens is 3. The first-order chi connectivity index (χ1) is 14.7. The Hall–Kier alpha value is -3.45. The van der Waals surface area contributed by atoms with Gasteiger partial charge in [0.1, 0.15) is 6.54 Å². The Morgan fingerprint density at radius 1 is 1.39 bits per heavy atom. The van der Waals surface area contributed by atoms with Crippen molar-refractivity contribution in [2.75, 3.05) is 18.4 Å². The van der Waals surface area contributed by atoms with E-state index >= 15 is 0 Å². The first kappa shape index (κ1) is 22.2. The summed E-state index contributed by atoms with van der Waals surface area (Å²) >= 11 is 0. The maximum Gasteiger partial charge on any atom is 0.254 e. The predicted molar refractivity (Wildman–Crippen MR) is 123 cm³/mol. The van der Waals surface area contributed by atoms with Crippen molar-refractivity contribution in [2.24, 2.45) is 0 Å². The number of hydrogen-bond acceptors (Lipinski definition) is 6. The summed E-state index contributed by atoms with van der Waals surface area (Å²) in [6.45, 7) is 3.64. The Morgan fingerprint density at radius 3 is 2.84 bits per heavy atom. The van der Waals surface area contributed by atoms with Crippen LogP contribution >= 0.6 is 9.24 Å². The quantitative estimate of drug-likeness (QED) is 0.298. The maximum atomic E-state index is 12.7. The molecule has 0 fully saturated rings. The molecule has 3 N–H and O–H groups in total. The predicted octanol–water partition coefficient (Wildman–Crippen LogP) is 2.06. The van der Waals surface area contributed by atoms with E-state index in [2.05, 4.69) is 35.9 Å². The highest BCUT2D eigenvalue weighted by atomic mass is 31.0. The average molecular weight is 434 g/mol. The standard InChI is InChI=1S/C22H23N6O2P/c1-4-14-9-15-5-6-19(28(15)27-11-14)18-10-17(24-8-7-23)16(12-25-18)21(29)26-13-20(31)22(2,3)30/h1,5-6,9-12,20,30H,8,13,31H2,2-3H3,(H,24,25)(H,26,29). The van der Waals surface area contributed by atoms with Crippen LogP contribution in [0.15, 0.2) is 36.7 Å². The number of fused-ring (bicyclic) bond motifs is 1. The van der Waals surface area contributed by atoms with Gasteiger partial charge in [-0.3, -0.25) is 9.78 Å². The second-order valence-corrected chi connectivity index (χ2v) is 8.35. The Kier molecular flexibility index (Phi) is 6.56. The van der Waals surface area contributed by atoms with E-state index in [1.165, 1.54) is 6.20 Å². The van der Waals surface area contributed by atoms with Crippen molar-refractivity contribution in [1.29, 1.82) is 5.26 Å². The molecule has 0 aliphatic carbocycles. The van der Waals surface area contributed by atoms with Crippen molar-refractivity contribution in [3.05, 3.63) is 47.8 Å². The van der Waals surface area contributed by atoms with Gasteiger partial charge in [0, 0.05) is 24.0 Å². The molecule has 0 spiro atoms. The van der Waals surface area contributed by atoms with Crippen molar-refractivity contribution >= 4 is 26.4 Å². The van der Waals surface area contributed by atoms with E-state index in [-0.39, 0.29) is 24.7 Å². The van der Waals surface area contributed by atoms with E-state index in [4.69, 9.17) is 11.7 Å². The van der Waals surface area contributed by atoms with Crippen LogP contribution < -0.4 is 10.6 Å². The monoisotopic (exact) mass is 434 g/mol. The average Bonchev–Trinajstić information content (AvgIpc) is 3.17. The molecule has 31 heavy (non-hydrogen) atoms. The fourth-order valence-corrected chi connectivity index (χ4v) is 2.99. The summed E-state index contributed by atoms with van der Waals surface area (Å²) in [4.78, 5) is 17.2. The number of pyridine rings is 1. The van der Waals surface area contributed by atoms with E-state index in [0.717, 1.165) is 11.2 Å². The first-order valence-corrected chi connectivity index (χ1v) is 10.2. The smallest absolute Gasteiger partial charge is 0.254 e. The summed E-state index contributed by atoms with van der Waals surface area (Å²) in [6.07, 6.45) is 8.49. The molecule has 2 atom stereocenters. The number of terminal acetylenes is 1. The van der Waals surface area contributed by atoms with E-state index in [9.17, 15) is 9.90 Å². The lowest BCUT2D eigenvalue weighted by atomic mass is 10.0. The molecule has 0 aliphatic rings. The topological polar surface area (TPSA) is 115 Å². The molecule has 8 nitrogen and oxygen atoms in total. The number of carbonyl (C=O) groups excluding carboxylic acids is 1. The van der Waals surface area contributed by atoms with Gasteiger partial charge in [0.2, 0.25) is 0 Å². The molecule has 1 amide bonds. The third-order valence-corrected chi connectivity index (χ3v) is 5.88. The van der Waals surface area contributed by atoms with Crippen LogP contribution in [0.1, 0.15) is 29.8 Å². The van der Waals surface area contributed by atoms with Gasteiger partial charge in [0.15, 0.2) is 0 Å². The molecule has 3 aromatic heterocycles.